The predicted molar refractivity (Wildman–Crippen MR) is 131 cm³/mol. The van der Waals surface area contributed by atoms with Crippen LogP contribution in [-0.4, -0.2) is 76.2 Å². The summed E-state index contributed by atoms with van der Waals surface area (Å²) in [5, 5.41) is 17.9. The SMILES string of the molecule is CSCCC(NC(=O)C(N)CS)C(=O)NCC(=O)NC(Cc1c[nH]c2ccccc12)C(=O)O. The van der Waals surface area contributed by atoms with E-state index in [0.717, 1.165) is 16.5 Å². The molecule has 180 valence electrons. The van der Waals surface area contributed by atoms with Crippen molar-refractivity contribution in [3.8, 4) is 0 Å². The number of hydrogen-bond acceptors (Lipinski definition) is 7. The van der Waals surface area contributed by atoms with Gasteiger partial charge in [0.2, 0.25) is 17.7 Å². The first-order chi connectivity index (χ1) is 15.8. The summed E-state index contributed by atoms with van der Waals surface area (Å²) in [4.78, 5) is 51.7. The van der Waals surface area contributed by atoms with E-state index in [4.69, 9.17) is 5.73 Å². The molecule has 3 unspecified atom stereocenters. The number of rotatable bonds is 13. The molecule has 33 heavy (non-hydrogen) atoms. The first-order valence-corrected chi connectivity index (χ1v) is 12.3. The summed E-state index contributed by atoms with van der Waals surface area (Å²) in [5.41, 5.74) is 7.26. The van der Waals surface area contributed by atoms with Gasteiger partial charge in [0, 0.05) is 29.3 Å². The van der Waals surface area contributed by atoms with E-state index in [0.29, 0.717) is 12.2 Å². The van der Waals surface area contributed by atoms with Gasteiger partial charge in [-0.05, 0) is 30.1 Å². The Bertz CT molecular complexity index is 983. The largest absolute Gasteiger partial charge is 0.480 e. The van der Waals surface area contributed by atoms with Crippen LogP contribution in [0.5, 0.6) is 0 Å². The monoisotopic (exact) mass is 495 g/mol. The van der Waals surface area contributed by atoms with Crippen LogP contribution in [0.25, 0.3) is 10.9 Å². The number of benzene rings is 1. The van der Waals surface area contributed by atoms with Gasteiger partial charge in [-0.1, -0.05) is 18.2 Å². The second-order valence-electron chi connectivity index (χ2n) is 7.37. The number of thiol groups is 1. The van der Waals surface area contributed by atoms with Crippen LogP contribution in [0, 0.1) is 0 Å². The zero-order valence-electron chi connectivity index (χ0n) is 18.2. The number of carbonyl (C=O) groups excluding carboxylic acids is 3. The van der Waals surface area contributed by atoms with Crippen LogP contribution in [0.15, 0.2) is 30.5 Å². The van der Waals surface area contributed by atoms with E-state index in [1.165, 1.54) is 11.8 Å². The van der Waals surface area contributed by atoms with Gasteiger partial charge in [-0.25, -0.2) is 4.79 Å². The van der Waals surface area contributed by atoms with Crippen molar-refractivity contribution in [1.29, 1.82) is 0 Å². The molecule has 2 rings (SSSR count). The zero-order valence-corrected chi connectivity index (χ0v) is 19.9. The quantitative estimate of drug-likeness (QED) is 0.190. The molecule has 0 saturated heterocycles. The summed E-state index contributed by atoms with van der Waals surface area (Å²) in [5.74, 6) is -2.18. The number of H-pyrrole nitrogens is 1. The van der Waals surface area contributed by atoms with Crippen molar-refractivity contribution in [1.82, 2.24) is 20.9 Å². The zero-order chi connectivity index (χ0) is 24.4. The van der Waals surface area contributed by atoms with E-state index in [1.807, 2.05) is 30.5 Å². The summed E-state index contributed by atoms with van der Waals surface area (Å²) in [6.45, 7) is -0.430. The van der Waals surface area contributed by atoms with E-state index < -0.39 is 48.4 Å². The highest BCUT2D eigenvalue weighted by Gasteiger charge is 2.25. The van der Waals surface area contributed by atoms with Gasteiger partial charge in [0.05, 0.1) is 12.6 Å². The number of carbonyl (C=O) groups is 4. The number of aliphatic carboxylic acids is 1. The average Bonchev–Trinajstić information content (AvgIpc) is 3.21. The molecule has 10 nitrogen and oxygen atoms in total. The molecule has 0 spiro atoms. The molecule has 0 saturated carbocycles. The van der Waals surface area contributed by atoms with Crippen molar-refractivity contribution >= 4 is 59.0 Å². The Morgan fingerprint density at radius 3 is 2.55 bits per heavy atom. The van der Waals surface area contributed by atoms with Gasteiger partial charge in [-0.15, -0.1) is 0 Å². The Labute approximate surface area is 201 Å². The fourth-order valence-corrected chi connectivity index (χ4v) is 3.76. The number of hydrogen-bond donors (Lipinski definition) is 7. The number of thioether (sulfide) groups is 1. The third-order valence-electron chi connectivity index (χ3n) is 4.93. The summed E-state index contributed by atoms with van der Waals surface area (Å²) in [7, 11) is 0. The molecular formula is C21H29N5O5S2. The van der Waals surface area contributed by atoms with Crippen LogP contribution in [0.1, 0.15) is 12.0 Å². The number of aromatic amines is 1. The molecule has 7 N–H and O–H groups in total. The van der Waals surface area contributed by atoms with Gasteiger partial charge in [0.25, 0.3) is 0 Å². The third-order valence-corrected chi connectivity index (χ3v) is 5.97. The second-order valence-corrected chi connectivity index (χ2v) is 8.72. The molecule has 3 amide bonds. The molecule has 3 atom stereocenters. The minimum atomic E-state index is -1.19. The first kappa shape index (κ1) is 26.6. The lowest BCUT2D eigenvalue weighted by atomic mass is 10.0. The molecular weight excluding hydrogens is 466 g/mol. The number of amides is 3. The van der Waals surface area contributed by atoms with Crippen molar-refractivity contribution in [2.45, 2.75) is 31.0 Å². The van der Waals surface area contributed by atoms with Crippen LogP contribution in [0.3, 0.4) is 0 Å². The standard InChI is InChI=1S/C21H29N5O5S2/c1-33-7-6-16(26-19(28)14(22)11-32)20(29)24-10-18(27)25-17(21(30)31)8-12-9-23-15-5-3-2-4-13(12)15/h2-5,9,14,16-17,23,32H,6-8,10-11,22H2,1H3,(H,24,29)(H,25,27)(H,26,28)(H,30,31). The Morgan fingerprint density at radius 1 is 1.15 bits per heavy atom. The van der Waals surface area contributed by atoms with Crippen molar-refractivity contribution in [2.24, 2.45) is 5.73 Å². The van der Waals surface area contributed by atoms with Crippen molar-refractivity contribution < 1.29 is 24.3 Å². The van der Waals surface area contributed by atoms with Gasteiger partial charge < -0.3 is 31.8 Å². The molecule has 0 radical (unpaired) electrons. The van der Waals surface area contributed by atoms with Crippen LogP contribution >= 0.6 is 24.4 Å². The minimum absolute atomic E-state index is 0.0764. The highest BCUT2D eigenvalue weighted by molar-refractivity contribution is 7.98. The van der Waals surface area contributed by atoms with Gasteiger partial charge in [0.15, 0.2) is 0 Å². The summed E-state index contributed by atoms with van der Waals surface area (Å²) in [6.07, 6.45) is 4.00. The van der Waals surface area contributed by atoms with Crippen LogP contribution in [0.2, 0.25) is 0 Å². The number of para-hydroxylation sites is 1. The highest BCUT2D eigenvalue weighted by Crippen LogP contribution is 2.19. The van der Waals surface area contributed by atoms with Gasteiger partial charge >= 0.3 is 5.97 Å². The van der Waals surface area contributed by atoms with Gasteiger partial charge in [-0.3, -0.25) is 14.4 Å². The maximum absolute atomic E-state index is 12.5. The molecule has 12 heteroatoms. The van der Waals surface area contributed by atoms with Crippen LogP contribution < -0.4 is 21.7 Å². The number of fused-ring (bicyclic) bond motifs is 1. The fraction of sp³-hybridized carbons (Fsp3) is 0.429. The number of carboxylic acids is 1. The summed E-state index contributed by atoms with van der Waals surface area (Å²) < 4.78 is 0. The van der Waals surface area contributed by atoms with Gasteiger partial charge in [0.1, 0.15) is 12.1 Å². The van der Waals surface area contributed by atoms with E-state index in [-0.39, 0.29) is 12.2 Å². The second kappa shape index (κ2) is 13.1. The maximum atomic E-state index is 12.5. The minimum Gasteiger partial charge on any atom is -0.480 e. The van der Waals surface area contributed by atoms with E-state index in [9.17, 15) is 24.3 Å². The summed E-state index contributed by atoms with van der Waals surface area (Å²) in [6, 6.07) is 4.55. The molecule has 2 aromatic rings. The van der Waals surface area contributed by atoms with Crippen LogP contribution in [0.4, 0.5) is 0 Å². The van der Waals surface area contributed by atoms with Gasteiger partial charge in [-0.2, -0.15) is 24.4 Å². The third kappa shape index (κ3) is 7.98. The van der Waals surface area contributed by atoms with E-state index in [1.54, 1.807) is 6.20 Å². The molecule has 0 aliphatic rings. The average molecular weight is 496 g/mol. The lowest BCUT2D eigenvalue weighted by Gasteiger charge is -2.20. The highest BCUT2D eigenvalue weighted by atomic mass is 32.2. The summed E-state index contributed by atoms with van der Waals surface area (Å²) >= 11 is 5.48. The molecule has 0 fully saturated rings. The number of nitrogens with two attached hydrogens (primary N) is 1. The molecule has 0 bridgehead atoms. The van der Waals surface area contributed by atoms with Crippen molar-refractivity contribution in [3.63, 3.8) is 0 Å². The fourth-order valence-electron chi connectivity index (χ4n) is 3.12. The van der Waals surface area contributed by atoms with Crippen molar-refractivity contribution in [2.75, 3.05) is 24.3 Å². The first-order valence-electron chi connectivity index (χ1n) is 10.3. The predicted octanol–water partition coefficient (Wildman–Crippen LogP) is -0.109. The maximum Gasteiger partial charge on any atom is 0.326 e. The lowest BCUT2D eigenvalue weighted by Crippen LogP contribution is -2.54. The Morgan fingerprint density at radius 2 is 1.88 bits per heavy atom. The normalized spacial score (nSPS) is 13.7. The molecule has 0 aliphatic heterocycles. The smallest absolute Gasteiger partial charge is 0.326 e. The topological polar surface area (TPSA) is 166 Å². The Balaban J connectivity index is 1.95. The van der Waals surface area contributed by atoms with E-state index in [2.05, 4.69) is 33.6 Å². The van der Waals surface area contributed by atoms with E-state index >= 15 is 0 Å². The molecule has 1 aromatic heterocycles. The van der Waals surface area contributed by atoms with Crippen LogP contribution in [-0.2, 0) is 25.6 Å². The van der Waals surface area contributed by atoms with Crippen molar-refractivity contribution in [3.05, 3.63) is 36.0 Å². The molecule has 1 aromatic carbocycles. The molecule has 0 aliphatic carbocycles. The Kier molecular flexibility index (Phi) is 10.6. The Hall–Kier alpha value is -2.70. The number of carboxylic acid groups (broad SMARTS) is 1. The lowest BCUT2D eigenvalue weighted by molar-refractivity contribution is -0.141. The molecule has 1 heterocycles. The number of nitrogens with one attached hydrogen (secondary N) is 4. The number of aromatic nitrogens is 1.